The van der Waals surface area contributed by atoms with E-state index in [1.54, 1.807) is 14.2 Å². The molecule has 30 heavy (non-hydrogen) atoms. The first-order valence-corrected chi connectivity index (χ1v) is 11.3. The van der Waals surface area contributed by atoms with Crippen LogP contribution in [0.2, 0.25) is 0 Å². The van der Waals surface area contributed by atoms with Gasteiger partial charge in [0.1, 0.15) is 17.3 Å². The van der Waals surface area contributed by atoms with Crippen LogP contribution in [0.1, 0.15) is 31.2 Å². The molecule has 0 amide bonds. The minimum Gasteiger partial charge on any atom is -0.496 e. The molecule has 0 bridgehead atoms. The Hall–Kier alpha value is -1.77. The molecule has 1 heterocycles. The second-order valence-corrected chi connectivity index (χ2v) is 9.18. The van der Waals surface area contributed by atoms with Gasteiger partial charge in [-0.15, -0.1) is 0 Å². The van der Waals surface area contributed by atoms with Gasteiger partial charge in [-0.3, -0.25) is 10.7 Å². The predicted molar refractivity (Wildman–Crippen MR) is 125 cm³/mol. The number of nitrogens with one attached hydrogen (secondary N) is 2. The van der Waals surface area contributed by atoms with Crippen molar-refractivity contribution in [2.24, 2.45) is 22.6 Å². The minimum absolute atomic E-state index is 0.339. The zero-order valence-corrected chi connectivity index (χ0v) is 20.0. The van der Waals surface area contributed by atoms with E-state index in [0.29, 0.717) is 11.8 Å². The maximum Gasteiger partial charge on any atom is 0.186 e. The fourth-order valence-electron chi connectivity index (χ4n) is 4.26. The SMILES string of the molecule is COc1cc(OC)c(CNCC2CCC(C3(N)N=CC=C(N(C)C)N3)CC2)cc1Br. The lowest BCUT2D eigenvalue weighted by Gasteiger charge is -2.42. The number of hydrogen-bond acceptors (Lipinski definition) is 7. The van der Waals surface area contributed by atoms with Crippen molar-refractivity contribution in [1.29, 1.82) is 0 Å². The van der Waals surface area contributed by atoms with E-state index >= 15 is 0 Å². The van der Waals surface area contributed by atoms with Crippen molar-refractivity contribution < 1.29 is 9.47 Å². The molecule has 1 fully saturated rings. The van der Waals surface area contributed by atoms with E-state index in [4.69, 9.17) is 15.2 Å². The number of allylic oxidation sites excluding steroid dienone is 1. The fourth-order valence-corrected chi connectivity index (χ4v) is 4.81. The van der Waals surface area contributed by atoms with Gasteiger partial charge in [0.15, 0.2) is 5.79 Å². The molecule has 4 N–H and O–H groups in total. The van der Waals surface area contributed by atoms with Crippen LogP contribution < -0.4 is 25.8 Å². The summed E-state index contributed by atoms with van der Waals surface area (Å²) >= 11 is 3.56. The van der Waals surface area contributed by atoms with Gasteiger partial charge >= 0.3 is 0 Å². The lowest BCUT2D eigenvalue weighted by Crippen LogP contribution is -2.60. The van der Waals surface area contributed by atoms with Crippen molar-refractivity contribution in [1.82, 2.24) is 15.5 Å². The third kappa shape index (κ3) is 5.28. The molecule has 1 aliphatic carbocycles. The zero-order chi connectivity index (χ0) is 21.7. The van der Waals surface area contributed by atoms with Crippen molar-refractivity contribution >= 4 is 22.1 Å². The number of rotatable bonds is 8. The van der Waals surface area contributed by atoms with Gasteiger partial charge < -0.3 is 25.0 Å². The summed E-state index contributed by atoms with van der Waals surface area (Å²) in [6.45, 7) is 1.74. The number of halogens is 1. The van der Waals surface area contributed by atoms with Crippen LogP contribution >= 0.6 is 15.9 Å². The summed E-state index contributed by atoms with van der Waals surface area (Å²) in [6.07, 6.45) is 8.25. The summed E-state index contributed by atoms with van der Waals surface area (Å²) in [4.78, 5) is 6.62. The van der Waals surface area contributed by atoms with E-state index in [0.717, 1.165) is 66.1 Å². The summed E-state index contributed by atoms with van der Waals surface area (Å²) in [5.41, 5.74) is 7.75. The molecule has 0 saturated heterocycles. The van der Waals surface area contributed by atoms with Crippen LogP contribution in [0.25, 0.3) is 0 Å². The largest absolute Gasteiger partial charge is 0.496 e. The van der Waals surface area contributed by atoms with E-state index in [9.17, 15) is 0 Å². The van der Waals surface area contributed by atoms with Crippen molar-refractivity contribution in [3.8, 4) is 11.5 Å². The number of benzene rings is 1. The van der Waals surface area contributed by atoms with Crippen molar-refractivity contribution in [3.05, 3.63) is 34.1 Å². The van der Waals surface area contributed by atoms with E-state index in [1.807, 2.05) is 37.4 Å². The maximum absolute atomic E-state index is 6.63. The van der Waals surface area contributed by atoms with E-state index in [2.05, 4.69) is 37.6 Å². The third-order valence-electron chi connectivity index (χ3n) is 6.10. The van der Waals surface area contributed by atoms with Crippen LogP contribution in [0.4, 0.5) is 0 Å². The molecule has 1 aliphatic heterocycles. The first-order valence-electron chi connectivity index (χ1n) is 10.5. The van der Waals surface area contributed by atoms with Crippen LogP contribution in [0, 0.1) is 11.8 Å². The van der Waals surface area contributed by atoms with Gasteiger partial charge in [0.2, 0.25) is 0 Å². The number of nitrogens with zero attached hydrogens (tertiary/aromatic N) is 2. The highest BCUT2D eigenvalue weighted by Gasteiger charge is 2.38. The summed E-state index contributed by atoms with van der Waals surface area (Å²) < 4.78 is 11.8. The highest BCUT2D eigenvalue weighted by molar-refractivity contribution is 9.10. The number of hydrogen-bond donors (Lipinski definition) is 3. The van der Waals surface area contributed by atoms with E-state index in [1.165, 1.54) is 0 Å². The normalized spacial score (nSPS) is 26.0. The second kappa shape index (κ2) is 10.0. The molecule has 1 aromatic rings. The van der Waals surface area contributed by atoms with Crippen LogP contribution in [0.5, 0.6) is 11.5 Å². The lowest BCUT2D eigenvalue weighted by atomic mass is 9.78. The molecule has 1 aromatic carbocycles. The number of ether oxygens (including phenoxy) is 2. The molecule has 1 saturated carbocycles. The molecule has 1 unspecified atom stereocenters. The van der Waals surface area contributed by atoms with E-state index in [-0.39, 0.29) is 0 Å². The van der Waals surface area contributed by atoms with Gasteiger partial charge in [-0.1, -0.05) is 0 Å². The van der Waals surface area contributed by atoms with Gasteiger partial charge in [-0.25, -0.2) is 0 Å². The molecule has 7 nitrogen and oxygen atoms in total. The average Bonchev–Trinajstić information content (AvgIpc) is 2.74. The Kier molecular flexibility index (Phi) is 7.65. The van der Waals surface area contributed by atoms with Crippen molar-refractivity contribution in [2.45, 2.75) is 38.0 Å². The smallest absolute Gasteiger partial charge is 0.186 e. The molecule has 2 aliphatic rings. The van der Waals surface area contributed by atoms with Gasteiger partial charge in [0.05, 0.1) is 18.7 Å². The average molecular weight is 480 g/mol. The molecule has 1 atom stereocenters. The van der Waals surface area contributed by atoms with Crippen molar-refractivity contribution in [2.75, 3.05) is 34.9 Å². The minimum atomic E-state index is -0.699. The Morgan fingerprint density at radius 2 is 1.90 bits per heavy atom. The molecule has 166 valence electrons. The standard InChI is InChI=1S/C22H34BrN5O2/c1-28(2)21-9-10-26-22(24,27-21)17-7-5-15(6-8-17)13-25-14-16-11-18(23)20(30-4)12-19(16)29-3/h9-12,15,17,25,27H,5-8,13-14,24H2,1-4H3. The Morgan fingerprint density at radius 1 is 1.20 bits per heavy atom. The Bertz CT molecular complexity index is 790. The topological polar surface area (TPSA) is 84.1 Å². The Morgan fingerprint density at radius 3 is 2.53 bits per heavy atom. The summed E-state index contributed by atoms with van der Waals surface area (Å²) in [5, 5.41) is 7.03. The first-order chi connectivity index (χ1) is 14.4. The Labute approximate surface area is 188 Å². The highest BCUT2D eigenvalue weighted by atomic mass is 79.9. The number of aliphatic imine (C=N–C) groups is 1. The zero-order valence-electron chi connectivity index (χ0n) is 18.4. The molecule has 0 aromatic heterocycles. The maximum atomic E-state index is 6.63. The molecular weight excluding hydrogens is 446 g/mol. The second-order valence-electron chi connectivity index (χ2n) is 8.32. The monoisotopic (exact) mass is 479 g/mol. The molecule has 8 heteroatoms. The summed E-state index contributed by atoms with van der Waals surface area (Å²) in [5.74, 6) is 2.91. The van der Waals surface area contributed by atoms with Crippen LogP contribution in [-0.2, 0) is 6.54 Å². The highest BCUT2D eigenvalue weighted by Crippen LogP contribution is 2.36. The Balaban J connectivity index is 1.49. The molecule has 0 radical (unpaired) electrons. The lowest BCUT2D eigenvalue weighted by molar-refractivity contribution is 0.146. The number of nitrogens with two attached hydrogens (primary N) is 1. The molecular formula is C22H34BrN5O2. The predicted octanol–water partition coefficient (Wildman–Crippen LogP) is 3.05. The summed E-state index contributed by atoms with van der Waals surface area (Å²) in [7, 11) is 7.37. The van der Waals surface area contributed by atoms with E-state index < -0.39 is 5.79 Å². The van der Waals surface area contributed by atoms with Gasteiger partial charge in [-0.2, -0.15) is 0 Å². The quantitative estimate of drug-likeness (QED) is 0.531. The van der Waals surface area contributed by atoms with Gasteiger partial charge in [-0.05, 0) is 66.2 Å². The fraction of sp³-hybridized carbons (Fsp3) is 0.591. The van der Waals surface area contributed by atoms with Crippen LogP contribution in [-0.4, -0.2) is 51.8 Å². The van der Waals surface area contributed by atoms with Crippen molar-refractivity contribution in [3.63, 3.8) is 0 Å². The number of methoxy groups -OCH3 is 2. The molecule has 3 rings (SSSR count). The van der Waals surface area contributed by atoms with Gasteiger partial charge in [0.25, 0.3) is 0 Å². The van der Waals surface area contributed by atoms with Gasteiger partial charge in [0, 0.05) is 44.4 Å². The van der Waals surface area contributed by atoms with Crippen LogP contribution in [0.15, 0.2) is 33.5 Å². The summed E-state index contributed by atoms with van der Waals surface area (Å²) in [6, 6.07) is 3.98. The van der Waals surface area contributed by atoms with Crippen LogP contribution in [0.3, 0.4) is 0 Å². The molecule has 0 spiro atoms. The third-order valence-corrected chi connectivity index (χ3v) is 6.72. The first kappa shape index (κ1) is 22.9.